The molecule has 226 valence electrons. The molecule has 10 heteroatoms. The van der Waals surface area contributed by atoms with Crippen LogP contribution < -0.4 is 16.0 Å². The number of aromatic nitrogens is 3. The third kappa shape index (κ3) is 6.50. The van der Waals surface area contributed by atoms with Crippen molar-refractivity contribution in [3.63, 3.8) is 0 Å². The molecule has 1 aliphatic carbocycles. The number of rotatable bonds is 11. The highest BCUT2D eigenvalue weighted by molar-refractivity contribution is 9.10. The summed E-state index contributed by atoms with van der Waals surface area (Å²) in [6.45, 7) is 1.50. The Morgan fingerprint density at radius 3 is 2.57 bits per heavy atom. The molecule has 0 aliphatic heterocycles. The van der Waals surface area contributed by atoms with Crippen LogP contribution in [0.15, 0.2) is 65.4 Å². The van der Waals surface area contributed by atoms with Crippen molar-refractivity contribution in [3.8, 4) is 0 Å². The lowest BCUT2D eigenvalue weighted by molar-refractivity contribution is 0.0953. The molecule has 1 aliphatic rings. The number of halogens is 3. The SMILES string of the molecule is O=C(NCCCCCCNc1c2c(nc3ccccc13)CCCC2)c1ccc2c(Nc3ccc(F)c(Br)c3F)ncnc2c1. The van der Waals surface area contributed by atoms with Gasteiger partial charge in [-0.05, 0) is 96.4 Å². The van der Waals surface area contributed by atoms with Gasteiger partial charge in [-0.1, -0.05) is 31.0 Å². The van der Waals surface area contributed by atoms with Crippen molar-refractivity contribution in [2.75, 3.05) is 23.7 Å². The second-order valence-corrected chi connectivity index (χ2v) is 11.8. The largest absolute Gasteiger partial charge is 0.384 e. The van der Waals surface area contributed by atoms with Gasteiger partial charge in [0.25, 0.3) is 5.91 Å². The van der Waals surface area contributed by atoms with Gasteiger partial charge in [0.15, 0.2) is 5.82 Å². The summed E-state index contributed by atoms with van der Waals surface area (Å²) in [5, 5.41) is 11.4. The quantitative estimate of drug-likeness (QED) is 0.0978. The maximum Gasteiger partial charge on any atom is 0.251 e. The fourth-order valence-corrected chi connectivity index (χ4v) is 6.09. The molecule has 0 atom stereocenters. The number of nitrogens with zero attached hydrogens (tertiary/aromatic N) is 3. The van der Waals surface area contributed by atoms with E-state index in [9.17, 15) is 13.6 Å². The van der Waals surface area contributed by atoms with E-state index in [1.807, 2.05) is 0 Å². The van der Waals surface area contributed by atoms with E-state index in [1.165, 1.54) is 47.6 Å². The van der Waals surface area contributed by atoms with Crippen LogP contribution in [0.3, 0.4) is 0 Å². The number of carbonyl (C=O) groups is 1. The minimum Gasteiger partial charge on any atom is -0.384 e. The first kappa shape index (κ1) is 29.9. The first-order chi connectivity index (χ1) is 21.5. The first-order valence-electron chi connectivity index (χ1n) is 15.1. The number of hydrogen-bond acceptors (Lipinski definition) is 6. The summed E-state index contributed by atoms with van der Waals surface area (Å²) in [5.74, 6) is -1.28. The van der Waals surface area contributed by atoms with Crippen LogP contribution in [0.25, 0.3) is 21.8 Å². The predicted molar refractivity (Wildman–Crippen MR) is 175 cm³/mol. The number of unbranched alkanes of at least 4 members (excludes halogenated alkanes) is 3. The summed E-state index contributed by atoms with van der Waals surface area (Å²) >= 11 is 2.91. The molecule has 1 amide bonds. The number of nitrogens with one attached hydrogen (secondary N) is 3. The lowest BCUT2D eigenvalue weighted by atomic mass is 9.92. The third-order valence-electron chi connectivity index (χ3n) is 8.05. The van der Waals surface area contributed by atoms with Crippen LogP contribution in [-0.2, 0) is 12.8 Å². The Balaban J connectivity index is 0.975. The molecule has 0 unspecified atom stereocenters. The minimum absolute atomic E-state index is 0.0700. The summed E-state index contributed by atoms with van der Waals surface area (Å²) in [5.41, 5.74) is 6.05. The molecular formula is C34H33BrF2N6O. The van der Waals surface area contributed by atoms with E-state index in [0.29, 0.717) is 28.8 Å². The molecule has 3 aromatic carbocycles. The summed E-state index contributed by atoms with van der Waals surface area (Å²) in [6.07, 6.45) is 9.95. The molecule has 0 radical (unpaired) electrons. The predicted octanol–water partition coefficient (Wildman–Crippen LogP) is 8.24. The van der Waals surface area contributed by atoms with Gasteiger partial charge < -0.3 is 16.0 Å². The van der Waals surface area contributed by atoms with Crippen molar-refractivity contribution in [2.45, 2.75) is 51.4 Å². The Bertz CT molecular complexity index is 1830. The second-order valence-electron chi connectivity index (χ2n) is 11.0. The molecule has 6 rings (SSSR count). The maximum atomic E-state index is 14.5. The molecule has 2 heterocycles. The Labute approximate surface area is 263 Å². The minimum atomic E-state index is -0.759. The third-order valence-corrected chi connectivity index (χ3v) is 8.77. The Hall–Kier alpha value is -4.18. The number of hydrogen-bond donors (Lipinski definition) is 3. The van der Waals surface area contributed by atoms with Crippen molar-refractivity contribution < 1.29 is 13.6 Å². The summed E-state index contributed by atoms with van der Waals surface area (Å²) < 4.78 is 27.8. The number of fused-ring (bicyclic) bond motifs is 3. The second kappa shape index (κ2) is 13.6. The van der Waals surface area contributed by atoms with Crippen LogP contribution in [0.5, 0.6) is 0 Å². The Morgan fingerprint density at radius 1 is 0.864 bits per heavy atom. The van der Waals surface area contributed by atoms with Crippen molar-refractivity contribution in [1.82, 2.24) is 20.3 Å². The normalized spacial score (nSPS) is 12.7. The van der Waals surface area contributed by atoms with Crippen LogP contribution in [0, 0.1) is 11.6 Å². The number of amides is 1. The zero-order chi connectivity index (χ0) is 30.5. The Kier molecular flexibility index (Phi) is 9.26. The highest BCUT2D eigenvalue weighted by Crippen LogP contribution is 2.33. The van der Waals surface area contributed by atoms with Gasteiger partial charge in [-0.2, -0.15) is 0 Å². The van der Waals surface area contributed by atoms with Gasteiger partial charge in [0, 0.05) is 40.8 Å². The number of para-hydroxylation sites is 1. The maximum absolute atomic E-state index is 14.5. The van der Waals surface area contributed by atoms with Gasteiger partial charge in [0.05, 0.1) is 21.2 Å². The lowest BCUT2D eigenvalue weighted by Crippen LogP contribution is -2.24. The lowest BCUT2D eigenvalue weighted by Gasteiger charge is -2.21. The van der Waals surface area contributed by atoms with Gasteiger partial charge in [0.1, 0.15) is 18.0 Å². The van der Waals surface area contributed by atoms with E-state index in [0.717, 1.165) is 56.7 Å². The average molecular weight is 660 g/mol. The van der Waals surface area contributed by atoms with Crippen LogP contribution in [-0.4, -0.2) is 33.9 Å². The van der Waals surface area contributed by atoms with Crippen LogP contribution >= 0.6 is 15.9 Å². The molecule has 44 heavy (non-hydrogen) atoms. The molecule has 0 fully saturated rings. The zero-order valence-corrected chi connectivity index (χ0v) is 25.8. The van der Waals surface area contributed by atoms with Gasteiger partial charge >= 0.3 is 0 Å². The highest BCUT2D eigenvalue weighted by atomic mass is 79.9. The van der Waals surface area contributed by atoms with E-state index in [1.54, 1.807) is 18.2 Å². The number of anilines is 3. The zero-order valence-electron chi connectivity index (χ0n) is 24.2. The van der Waals surface area contributed by atoms with Crippen LogP contribution in [0.4, 0.5) is 26.0 Å². The van der Waals surface area contributed by atoms with Crippen molar-refractivity contribution in [1.29, 1.82) is 0 Å². The van der Waals surface area contributed by atoms with E-state index >= 15 is 0 Å². The van der Waals surface area contributed by atoms with Crippen molar-refractivity contribution >= 4 is 60.8 Å². The van der Waals surface area contributed by atoms with Gasteiger partial charge in [-0.3, -0.25) is 9.78 Å². The van der Waals surface area contributed by atoms with Crippen molar-refractivity contribution in [2.24, 2.45) is 0 Å². The summed E-state index contributed by atoms with van der Waals surface area (Å²) in [4.78, 5) is 26.2. The molecule has 2 aromatic heterocycles. The van der Waals surface area contributed by atoms with E-state index in [2.05, 4.69) is 66.1 Å². The number of carbonyl (C=O) groups excluding carboxylic acids is 1. The van der Waals surface area contributed by atoms with E-state index < -0.39 is 11.6 Å². The summed E-state index contributed by atoms with van der Waals surface area (Å²) in [7, 11) is 0. The molecule has 7 nitrogen and oxygen atoms in total. The number of pyridine rings is 1. The van der Waals surface area contributed by atoms with Gasteiger partial charge in [-0.15, -0.1) is 0 Å². The number of benzene rings is 3. The van der Waals surface area contributed by atoms with E-state index in [4.69, 9.17) is 4.98 Å². The number of aryl methyl sites for hydroxylation is 1. The van der Waals surface area contributed by atoms with E-state index in [-0.39, 0.29) is 16.1 Å². The molecule has 5 aromatic rings. The highest BCUT2D eigenvalue weighted by Gasteiger charge is 2.18. The molecule has 0 saturated carbocycles. The fourth-order valence-electron chi connectivity index (χ4n) is 5.74. The average Bonchev–Trinajstić information content (AvgIpc) is 3.05. The molecule has 0 saturated heterocycles. The Morgan fingerprint density at radius 2 is 1.68 bits per heavy atom. The van der Waals surface area contributed by atoms with Crippen LogP contribution in [0.1, 0.15) is 60.1 Å². The smallest absolute Gasteiger partial charge is 0.251 e. The van der Waals surface area contributed by atoms with Gasteiger partial charge in [-0.25, -0.2) is 18.7 Å². The molecular weight excluding hydrogens is 626 g/mol. The molecule has 3 N–H and O–H groups in total. The van der Waals surface area contributed by atoms with Crippen molar-refractivity contribution in [3.05, 3.63) is 93.9 Å². The van der Waals surface area contributed by atoms with Gasteiger partial charge in [0.2, 0.25) is 0 Å². The fraction of sp³-hybridized carbons (Fsp3) is 0.294. The topological polar surface area (TPSA) is 91.8 Å². The standard InChI is InChI=1S/C34H33BrF2N6O/c35-30-25(36)15-16-28(31(30)37)43-33-24-14-13-21(19-29(24)40-20-41-33)34(44)39-18-8-2-1-7-17-38-32-22-9-3-5-11-26(22)42-27-12-6-4-10-23(27)32/h3,5,9,11,13-16,19-20H,1-2,4,6-8,10,12,17-18H2,(H,38,42)(H,39,44)(H,40,41,43). The monoisotopic (exact) mass is 658 g/mol. The van der Waals surface area contributed by atoms with Crippen LogP contribution in [0.2, 0.25) is 0 Å². The summed E-state index contributed by atoms with van der Waals surface area (Å²) in [6, 6.07) is 15.9. The molecule has 0 spiro atoms. The first-order valence-corrected chi connectivity index (χ1v) is 15.9. The molecule has 0 bridgehead atoms.